The van der Waals surface area contributed by atoms with E-state index in [1.165, 1.54) is 11.6 Å². The molecule has 0 aliphatic rings. The Bertz CT molecular complexity index is 553. The van der Waals surface area contributed by atoms with Gasteiger partial charge in [0.05, 0.1) is 0 Å². The average Bonchev–Trinajstić information content (AvgIpc) is 2.45. The molecule has 0 bridgehead atoms. The molecule has 0 spiro atoms. The van der Waals surface area contributed by atoms with Crippen LogP contribution in [0, 0.1) is 5.82 Å². The standard InChI is InChI=1S/C17H19ClFN/c1-3-17(14-5-4-6-16(19)11-14)20-12(2)13-7-9-15(18)10-8-13/h4-12,17,20H,3H2,1-2H3/t12-,17?/m0/s1. The molecule has 20 heavy (non-hydrogen) atoms. The van der Waals surface area contributed by atoms with Gasteiger partial charge in [-0.2, -0.15) is 0 Å². The van der Waals surface area contributed by atoms with Crippen molar-refractivity contribution in [3.63, 3.8) is 0 Å². The van der Waals surface area contributed by atoms with Crippen molar-refractivity contribution in [2.24, 2.45) is 0 Å². The van der Waals surface area contributed by atoms with Gasteiger partial charge >= 0.3 is 0 Å². The maximum atomic E-state index is 13.3. The van der Waals surface area contributed by atoms with Crippen LogP contribution in [-0.4, -0.2) is 0 Å². The number of halogens is 2. The largest absolute Gasteiger partial charge is 0.303 e. The lowest BCUT2D eigenvalue weighted by molar-refractivity contribution is 0.454. The second-order valence-corrected chi connectivity index (χ2v) is 5.39. The number of nitrogens with one attached hydrogen (secondary N) is 1. The van der Waals surface area contributed by atoms with E-state index in [4.69, 9.17) is 11.6 Å². The van der Waals surface area contributed by atoms with E-state index in [2.05, 4.69) is 19.2 Å². The summed E-state index contributed by atoms with van der Waals surface area (Å²) in [7, 11) is 0. The van der Waals surface area contributed by atoms with E-state index in [1.54, 1.807) is 12.1 Å². The Morgan fingerprint density at radius 2 is 1.80 bits per heavy atom. The molecule has 0 fully saturated rings. The Labute approximate surface area is 124 Å². The van der Waals surface area contributed by atoms with Gasteiger partial charge in [-0.3, -0.25) is 0 Å². The number of rotatable bonds is 5. The highest BCUT2D eigenvalue weighted by Crippen LogP contribution is 2.23. The van der Waals surface area contributed by atoms with Crippen molar-refractivity contribution in [3.05, 3.63) is 70.5 Å². The highest BCUT2D eigenvalue weighted by atomic mass is 35.5. The van der Waals surface area contributed by atoms with Crippen molar-refractivity contribution < 1.29 is 4.39 Å². The zero-order valence-electron chi connectivity index (χ0n) is 11.7. The first-order chi connectivity index (χ1) is 9.60. The number of benzene rings is 2. The predicted molar refractivity (Wildman–Crippen MR) is 82.4 cm³/mol. The minimum Gasteiger partial charge on any atom is -0.303 e. The predicted octanol–water partition coefficient (Wildman–Crippen LogP) is 5.28. The number of hydrogen-bond acceptors (Lipinski definition) is 1. The summed E-state index contributed by atoms with van der Waals surface area (Å²) in [5, 5.41) is 4.27. The van der Waals surface area contributed by atoms with E-state index in [0.717, 1.165) is 17.0 Å². The van der Waals surface area contributed by atoms with Crippen LogP contribution in [0.1, 0.15) is 43.5 Å². The first kappa shape index (κ1) is 15.0. The van der Waals surface area contributed by atoms with Gasteiger partial charge < -0.3 is 5.32 Å². The maximum absolute atomic E-state index is 13.3. The van der Waals surface area contributed by atoms with Crippen molar-refractivity contribution in [1.82, 2.24) is 5.32 Å². The van der Waals surface area contributed by atoms with Gasteiger partial charge in [-0.25, -0.2) is 4.39 Å². The second-order valence-electron chi connectivity index (χ2n) is 4.96. The van der Waals surface area contributed by atoms with E-state index < -0.39 is 0 Å². The van der Waals surface area contributed by atoms with Crippen molar-refractivity contribution in [1.29, 1.82) is 0 Å². The highest BCUT2D eigenvalue weighted by molar-refractivity contribution is 6.30. The summed E-state index contributed by atoms with van der Waals surface area (Å²) in [5.74, 6) is -0.193. The van der Waals surface area contributed by atoms with Gasteiger partial charge in [-0.05, 0) is 48.7 Å². The SMILES string of the molecule is CCC(N[C@@H](C)c1ccc(Cl)cc1)c1cccc(F)c1. The summed E-state index contributed by atoms with van der Waals surface area (Å²) in [6, 6.07) is 14.9. The Kier molecular flexibility index (Phi) is 5.16. The van der Waals surface area contributed by atoms with Crippen LogP contribution in [0.25, 0.3) is 0 Å². The first-order valence-electron chi connectivity index (χ1n) is 6.87. The van der Waals surface area contributed by atoms with Crippen molar-refractivity contribution in [2.75, 3.05) is 0 Å². The van der Waals surface area contributed by atoms with Gasteiger partial charge in [0.2, 0.25) is 0 Å². The fourth-order valence-electron chi connectivity index (χ4n) is 2.32. The first-order valence-corrected chi connectivity index (χ1v) is 7.25. The molecular weight excluding hydrogens is 273 g/mol. The minimum absolute atomic E-state index is 0.136. The van der Waals surface area contributed by atoms with Crippen molar-refractivity contribution in [2.45, 2.75) is 32.4 Å². The molecule has 0 aliphatic carbocycles. The van der Waals surface area contributed by atoms with Crippen molar-refractivity contribution >= 4 is 11.6 Å². The molecule has 2 atom stereocenters. The third-order valence-electron chi connectivity index (χ3n) is 3.48. The Hall–Kier alpha value is -1.38. The second kappa shape index (κ2) is 6.87. The molecule has 2 rings (SSSR count). The highest BCUT2D eigenvalue weighted by Gasteiger charge is 2.14. The third-order valence-corrected chi connectivity index (χ3v) is 3.73. The third kappa shape index (κ3) is 3.81. The zero-order valence-corrected chi connectivity index (χ0v) is 12.5. The van der Waals surface area contributed by atoms with Crippen molar-refractivity contribution in [3.8, 4) is 0 Å². The van der Waals surface area contributed by atoms with Crippen LogP contribution < -0.4 is 5.32 Å². The fraction of sp³-hybridized carbons (Fsp3) is 0.294. The quantitative estimate of drug-likeness (QED) is 0.790. The van der Waals surface area contributed by atoms with Gasteiger partial charge in [0.25, 0.3) is 0 Å². The lowest BCUT2D eigenvalue weighted by atomic mass is 10.0. The topological polar surface area (TPSA) is 12.0 Å². The van der Waals surface area contributed by atoms with Gasteiger partial charge in [-0.15, -0.1) is 0 Å². The molecular formula is C17H19ClFN. The van der Waals surface area contributed by atoms with Gasteiger partial charge in [-0.1, -0.05) is 42.8 Å². The molecule has 1 unspecified atom stereocenters. The molecule has 3 heteroatoms. The molecule has 1 N–H and O–H groups in total. The molecule has 106 valence electrons. The van der Waals surface area contributed by atoms with Gasteiger partial charge in [0, 0.05) is 17.1 Å². The minimum atomic E-state index is -0.193. The molecule has 0 aliphatic heterocycles. The molecule has 2 aromatic rings. The van der Waals surface area contributed by atoms with Gasteiger partial charge in [0.15, 0.2) is 0 Å². The van der Waals surface area contributed by atoms with Crippen LogP contribution in [0.15, 0.2) is 48.5 Å². The smallest absolute Gasteiger partial charge is 0.123 e. The van der Waals surface area contributed by atoms with E-state index >= 15 is 0 Å². The van der Waals surface area contributed by atoms with E-state index in [1.807, 2.05) is 30.3 Å². The fourth-order valence-corrected chi connectivity index (χ4v) is 2.45. The molecule has 0 saturated carbocycles. The Morgan fingerprint density at radius 3 is 2.40 bits per heavy atom. The van der Waals surface area contributed by atoms with Crippen LogP contribution in [-0.2, 0) is 0 Å². The van der Waals surface area contributed by atoms with Crippen LogP contribution in [0.2, 0.25) is 5.02 Å². The monoisotopic (exact) mass is 291 g/mol. The van der Waals surface area contributed by atoms with Crippen LogP contribution in [0.3, 0.4) is 0 Å². The summed E-state index contributed by atoms with van der Waals surface area (Å²) in [6.45, 7) is 4.20. The van der Waals surface area contributed by atoms with Gasteiger partial charge in [0.1, 0.15) is 5.82 Å². The Balaban J connectivity index is 2.11. The average molecular weight is 292 g/mol. The molecule has 0 radical (unpaired) electrons. The van der Waals surface area contributed by atoms with E-state index in [-0.39, 0.29) is 17.9 Å². The van der Waals surface area contributed by atoms with Crippen LogP contribution >= 0.6 is 11.6 Å². The van der Waals surface area contributed by atoms with Crippen LogP contribution in [0.4, 0.5) is 4.39 Å². The molecule has 0 amide bonds. The lowest BCUT2D eigenvalue weighted by Crippen LogP contribution is -2.24. The van der Waals surface area contributed by atoms with E-state index in [9.17, 15) is 4.39 Å². The zero-order chi connectivity index (χ0) is 14.5. The van der Waals surface area contributed by atoms with E-state index in [0.29, 0.717) is 0 Å². The lowest BCUT2D eigenvalue weighted by Gasteiger charge is -2.23. The maximum Gasteiger partial charge on any atom is 0.123 e. The Morgan fingerprint density at radius 1 is 1.10 bits per heavy atom. The number of hydrogen-bond donors (Lipinski definition) is 1. The summed E-state index contributed by atoms with van der Waals surface area (Å²) in [5.41, 5.74) is 2.15. The summed E-state index contributed by atoms with van der Waals surface area (Å²) in [4.78, 5) is 0. The molecule has 0 saturated heterocycles. The molecule has 0 heterocycles. The normalized spacial score (nSPS) is 14.0. The summed E-state index contributed by atoms with van der Waals surface area (Å²) in [6.07, 6.45) is 0.904. The molecule has 0 aromatic heterocycles. The molecule has 1 nitrogen and oxygen atoms in total. The summed E-state index contributed by atoms with van der Waals surface area (Å²) < 4.78 is 13.3. The van der Waals surface area contributed by atoms with Crippen LogP contribution in [0.5, 0.6) is 0 Å². The summed E-state index contributed by atoms with van der Waals surface area (Å²) >= 11 is 5.90. The molecule has 2 aromatic carbocycles.